The zero-order chi connectivity index (χ0) is 13.4. The minimum atomic E-state index is 0.0519. The summed E-state index contributed by atoms with van der Waals surface area (Å²) in [5.41, 5.74) is 2.10. The van der Waals surface area contributed by atoms with E-state index in [-0.39, 0.29) is 11.9 Å². The van der Waals surface area contributed by atoms with Crippen LogP contribution in [-0.4, -0.2) is 23.5 Å². The third-order valence-electron chi connectivity index (χ3n) is 2.72. The molecule has 1 unspecified atom stereocenters. The Kier molecular flexibility index (Phi) is 6.36. The minimum absolute atomic E-state index is 0.0519. The molecule has 0 aromatic carbocycles. The number of hydrogen-bond acceptors (Lipinski definition) is 3. The second-order valence-electron chi connectivity index (χ2n) is 4.67. The van der Waals surface area contributed by atoms with E-state index in [0.29, 0.717) is 13.1 Å². The molecule has 100 valence electrons. The van der Waals surface area contributed by atoms with E-state index in [9.17, 15) is 4.79 Å². The summed E-state index contributed by atoms with van der Waals surface area (Å²) in [7, 11) is 0. The monoisotopic (exact) mass is 249 g/mol. The predicted molar refractivity (Wildman–Crippen MR) is 73.2 cm³/mol. The maximum absolute atomic E-state index is 11.6. The van der Waals surface area contributed by atoms with Gasteiger partial charge in [0, 0.05) is 24.5 Å². The Bertz CT molecular complexity index is 362. The lowest BCUT2D eigenvalue weighted by molar-refractivity contribution is -0.120. The first-order valence-electron chi connectivity index (χ1n) is 6.53. The molecule has 0 saturated carbocycles. The number of amides is 1. The molecule has 1 aromatic heterocycles. The van der Waals surface area contributed by atoms with Gasteiger partial charge in [-0.3, -0.25) is 9.78 Å². The first-order chi connectivity index (χ1) is 8.61. The quantitative estimate of drug-likeness (QED) is 0.774. The molecule has 4 nitrogen and oxygen atoms in total. The summed E-state index contributed by atoms with van der Waals surface area (Å²) in [5.74, 6) is 0.0519. The van der Waals surface area contributed by atoms with Crippen LogP contribution in [0.15, 0.2) is 18.3 Å². The van der Waals surface area contributed by atoms with E-state index in [1.165, 1.54) is 0 Å². The highest BCUT2D eigenvalue weighted by atomic mass is 16.1. The maximum Gasteiger partial charge on any atom is 0.234 e. The van der Waals surface area contributed by atoms with Crippen LogP contribution >= 0.6 is 0 Å². The fourth-order valence-electron chi connectivity index (χ4n) is 1.75. The molecule has 0 spiro atoms. The van der Waals surface area contributed by atoms with Crippen molar-refractivity contribution in [3.05, 3.63) is 29.6 Å². The van der Waals surface area contributed by atoms with Crippen molar-refractivity contribution < 1.29 is 4.79 Å². The van der Waals surface area contributed by atoms with Crippen LogP contribution in [0.5, 0.6) is 0 Å². The highest BCUT2D eigenvalue weighted by Gasteiger charge is 2.05. The molecule has 18 heavy (non-hydrogen) atoms. The van der Waals surface area contributed by atoms with E-state index < -0.39 is 0 Å². The van der Waals surface area contributed by atoms with Crippen molar-refractivity contribution in [1.29, 1.82) is 0 Å². The minimum Gasteiger partial charge on any atom is -0.353 e. The molecule has 1 rings (SSSR count). The smallest absolute Gasteiger partial charge is 0.234 e. The average Bonchev–Trinajstić information content (AvgIpc) is 2.32. The number of hydrogen-bond donors (Lipinski definition) is 2. The first kappa shape index (κ1) is 14.6. The summed E-state index contributed by atoms with van der Waals surface area (Å²) < 4.78 is 0. The first-order valence-corrected chi connectivity index (χ1v) is 6.53. The lowest BCUT2D eigenvalue weighted by Gasteiger charge is -2.13. The molecule has 1 aromatic rings. The molecule has 0 fully saturated rings. The van der Waals surface area contributed by atoms with Crippen LogP contribution in [0.25, 0.3) is 0 Å². The molecule has 0 saturated heterocycles. The number of nitrogens with one attached hydrogen (secondary N) is 2. The van der Waals surface area contributed by atoms with Crippen LogP contribution in [-0.2, 0) is 11.3 Å². The number of pyridine rings is 1. The summed E-state index contributed by atoms with van der Waals surface area (Å²) in [4.78, 5) is 15.8. The SMILES string of the molecule is CCCC(C)NC(=O)CNCc1ccc(C)nc1. The van der Waals surface area contributed by atoms with Gasteiger partial charge in [0.15, 0.2) is 0 Å². The van der Waals surface area contributed by atoms with Gasteiger partial charge in [0.25, 0.3) is 0 Å². The molecular formula is C14H23N3O. The molecule has 1 atom stereocenters. The maximum atomic E-state index is 11.6. The second kappa shape index (κ2) is 7.82. The summed E-state index contributed by atoms with van der Waals surface area (Å²) >= 11 is 0. The predicted octanol–water partition coefficient (Wildman–Crippen LogP) is 1.78. The van der Waals surface area contributed by atoms with E-state index >= 15 is 0 Å². The van der Waals surface area contributed by atoms with Gasteiger partial charge in [-0.2, -0.15) is 0 Å². The van der Waals surface area contributed by atoms with Crippen LogP contribution in [0.3, 0.4) is 0 Å². The van der Waals surface area contributed by atoms with Crippen LogP contribution in [0.1, 0.15) is 37.9 Å². The molecule has 0 bridgehead atoms. The summed E-state index contributed by atoms with van der Waals surface area (Å²) in [6, 6.07) is 4.25. The Labute approximate surface area is 109 Å². The zero-order valence-electron chi connectivity index (χ0n) is 11.5. The van der Waals surface area contributed by atoms with Gasteiger partial charge in [-0.15, -0.1) is 0 Å². The fraction of sp³-hybridized carbons (Fsp3) is 0.571. The number of carbonyl (C=O) groups is 1. The van der Waals surface area contributed by atoms with Gasteiger partial charge in [-0.05, 0) is 31.9 Å². The lowest BCUT2D eigenvalue weighted by atomic mass is 10.2. The summed E-state index contributed by atoms with van der Waals surface area (Å²) in [5, 5.41) is 6.08. The molecule has 1 amide bonds. The van der Waals surface area contributed by atoms with Gasteiger partial charge < -0.3 is 10.6 Å². The average molecular weight is 249 g/mol. The molecule has 2 N–H and O–H groups in total. The second-order valence-corrected chi connectivity index (χ2v) is 4.67. The summed E-state index contributed by atoms with van der Waals surface area (Å²) in [6.07, 6.45) is 3.94. The van der Waals surface area contributed by atoms with Gasteiger partial charge in [-0.25, -0.2) is 0 Å². The number of carbonyl (C=O) groups excluding carboxylic acids is 1. The standard InChI is InChI=1S/C14H23N3O/c1-4-5-12(3)17-14(18)10-15-8-13-7-6-11(2)16-9-13/h6-7,9,12,15H,4-5,8,10H2,1-3H3,(H,17,18). The lowest BCUT2D eigenvalue weighted by Crippen LogP contribution is -2.38. The molecular weight excluding hydrogens is 226 g/mol. The molecule has 0 aliphatic rings. The van der Waals surface area contributed by atoms with Crippen molar-refractivity contribution in [1.82, 2.24) is 15.6 Å². The number of nitrogens with zero attached hydrogens (tertiary/aromatic N) is 1. The van der Waals surface area contributed by atoms with Crippen molar-refractivity contribution in [3.63, 3.8) is 0 Å². The Morgan fingerprint density at radius 1 is 1.44 bits per heavy atom. The van der Waals surface area contributed by atoms with E-state index in [4.69, 9.17) is 0 Å². The molecule has 1 heterocycles. The van der Waals surface area contributed by atoms with Crippen molar-refractivity contribution in [2.45, 2.75) is 46.2 Å². The number of aromatic nitrogens is 1. The normalized spacial score (nSPS) is 12.2. The fourth-order valence-corrected chi connectivity index (χ4v) is 1.75. The summed E-state index contributed by atoms with van der Waals surface area (Å²) in [6.45, 7) is 7.13. The Hall–Kier alpha value is -1.42. The largest absolute Gasteiger partial charge is 0.353 e. The van der Waals surface area contributed by atoms with E-state index in [2.05, 4.69) is 22.5 Å². The Balaban J connectivity index is 2.21. The molecule has 0 aliphatic heterocycles. The Morgan fingerprint density at radius 3 is 2.83 bits per heavy atom. The van der Waals surface area contributed by atoms with Crippen LogP contribution in [0, 0.1) is 6.92 Å². The van der Waals surface area contributed by atoms with Crippen LogP contribution in [0.4, 0.5) is 0 Å². The van der Waals surface area contributed by atoms with E-state index in [0.717, 1.165) is 24.1 Å². The Morgan fingerprint density at radius 2 is 2.22 bits per heavy atom. The van der Waals surface area contributed by atoms with Crippen molar-refractivity contribution in [2.75, 3.05) is 6.54 Å². The van der Waals surface area contributed by atoms with E-state index in [1.807, 2.05) is 32.2 Å². The highest BCUT2D eigenvalue weighted by Crippen LogP contribution is 1.98. The van der Waals surface area contributed by atoms with Crippen molar-refractivity contribution >= 4 is 5.91 Å². The van der Waals surface area contributed by atoms with Gasteiger partial charge >= 0.3 is 0 Å². The third-order valence-corrected chi connectivity index (χ3v) is 2.72. The van der Waals surface area contributed by atoms with Crippen LogP contribution < -0.4 is 10.6 Å². The molecule has 0 radical (unpaired) electrons. The number of rotatable bonds is 7. The molecule has 0 aliphatic carbocycles. The highest BCUT2D eigenvalue weighted by molar-refractivity contribution is 5.78. The topological polar surface area (TPSA) is 54.0 Å². The van der Waals surface area contributed by atoms with Gasteiger partial charge in [-0.1, -0.05) is 19.4 Å². The van der Waals surface area contributed by atoms with Gasteiger partial charge in [0.05, 0.1) is 6.54 Å². The number of aryl methyl sites for hydroxylation is 1. The molecule has 4 heteroatoms. The van der Waals surface area contributed by atoms with Gasteiger partial charge in [0.1, 0.15) is 0 Å². The van der Waals surface area contributed by atoms with Crippen LogP contribution in [0.2, 0.25) is 0 Å². The zero-order valence-corrected chi connectivity index (χ0v) is 11.5. The van der Waals surface area contributed by atoms with Crippen molar-refractivity contribution in [3.8, 4) is 0 Å². The third kappa shape index (κ3) is 5.77. The van der Waals surface area contributed by atoms with E-state index in [1.54, 1.807) is 0 Å². The van der Waals surface area contributed by atoms with Gasteiger partial charge in [0.2, 0.25) is 5.91 Å². The van der Waals surface area contributed by atoms with Crippen molar-refractivity contribution in [2.24, 2.45) is 0 Å².